The Labute approximate surface area is 227 Å². The highest BCUT2D eigenvalue weighted by Gasteiger charge is 2.40. The third-order valence-electron chi connectivity index (χ3n) is 9.22. The Morgan fingerprint density at radius 1 is 1.00 bits per heavy atom. The zero-order valence-corrected chi connectivity index (χ0v) is 22.9. The average Bonchev–Trinajstić information content (AvgIpc) is 3.12. The van der Waals surface area contributed by atoms with E-state index in [9.17, 15) is 9.90 Å². The molecular formula is C31H42N4O3. The molecule has 4 aliphatic rings. The molecule has 4 aliphatic heterocycles. The highest BCUT2D eigenvalue weighted by atomic mass is 16.5. The number of fused-ring (bicyclic) bond motifs is 4. The molecule has 4 heterocycles. The first-order valence-electron chi connectivity index (χ1n) is 14.5. The molecule has 3 atom stereocenters. The molecule has 0 spiro atoms. The van der Waals surface area contributed by atoms with Crippen LogP contribution in [0, 0.1) is 0 Å². The quantitative estimate of drug-likeness (QED) is 0.607. The summed E-state index contributed by atoms with van der Waals surface area (Å²) in [5, 5.41) is 11.0. The van der Waals surface area contributed by atoms with E-state index >= 15 is 0 Å². The van der Waals surface area contributed by atoms with Crippen molar-refractivity contribution in [3.05, 3.63) is 59.2 Å². The Kier molecular flexibility index (Phi) is 7.34. The molecule has 1 amide bonds. The largest absolute Gasteiger partial charge is 0.490 e. The fourth-order valence-corrected chi connectivity index (χ4v) is 7.27. The van der Waals surface area contributed by atoms with Gasteiger partial charge in [0.05, 0.1) is 17.4 Å². The Bertz CT molecular complexity index is 1140. The van der Waals surface area contributed by atoms with Gasteiger partial charge >= 0.3 is 0 Å². The summed E-state index contributed by atoms with van der Waals surface area (Å²) in [5.41, 5.74) is 4.36. The van der Waals surface area contributed by atoms with E-state index in [0.29, 0.717) is 37.3 Å². The van der Waals surface area contributed by atoms with E-state index < -0.39 is 6.10 Å². The number of piperidine rings is 1. The van der Waals surface area contributed by atoms with Gasteiger partial charge in [-0.3, -0.25) is 14.6 Å². The first-order chi connectivity index (χ1) is 18.5. The number of carbonyl (C=O) groups is 1. The Morgan fingerprint density at radius 3 is 2.53 bits per heavy atom. The normalized spacial score (nSPS) is 26.6. The van der Waals surface area contributed by atoms with Crippen LogP contribution >= 0.6 is 0 Å². The number of aliphatic hydroxyl groups excluding tert-OH is 1. The molecule has 2 aromatic carbocycles. The van der Waals surface area contributed by atoms with Crippen molar-refractivity contribution in [1.82, 2.24) is 14.7 Å². The molecule has 0 saturated carbocycles. The molecule has 6 rings (SSSR count). The number of rotatable bonds is 7. The molecule has 2 saturated heterocycles. The van der Waals surface area contributed by atoms with Gasteiger partial charge in [-0.2, -0.15) is 0 Å². The van der Waals surface area contributed by atoms with Gasteiger partial charge in [-0.15, -0.1) is 0 Å². The van der Waals surface area contributed by atoms with Crippen molar-refractivity contribution in [3.63, 3.8) is 0 Å². The van der Waals surface area contributed by atoms with E-state index in [1.165, 1.54) is 24.0 Å². The molecule has 2 aromatic rings. The van der Waals surface area contributed by atoms with Gasteiger partial charge in [-0.05, 0) is 61.9 Å². The van der Waals surface area contributed by atoms with Crippen LogP contribution in [0.15, 0.2) is 42.5 Å². The number of nitrogens with zero attached hydrogens (tertiary/aromatic N) is 4. The van der Waals surface area contributed by atoms with Crippen LogP contribution in [0.5, 0.6) is 5.75 Å². The number of hydrogen-bond acceptors (Lipinski definition) is 6. The number of likely N-dealkylation sites (N-methyl/N-ethyl adjacent to an activating group) is 1. The molecule has 0 aromatic heterocycles. The van der Waals surface area contributed by atoms with E-state index in [4.69, 9.17) is 4.74 Å². The van der Waals surface area contributed by atoms with Crippen molar-refractivity contribution in [2.75, 3.05) is 51.2 Å². The van der Waals surface area contributed by atoms with Crippen LogP contribution in [-0.2, 0) is 13.0 Å². The number of aliphatic hydroxyl groups is 1. The van der Waals surface area contributed by atoms with Crippen LogP contribution in [0.2, 0.25) is 0 Å². The lowest BCUT2D eigenvalue weighted by Crippen LogP contribution is -2.46. The predicted octanol–water partition coefficient (Wildman–Crippen LogP) is 3.39. The van der Waals surface area contributed by atoms with E-state index in [1.54, 1.807) is 0 Å². The summed E-state index contributed by atoms with van der Waals surface area (Å²) < 4.78 is 6.50. The monoisotopic (exact) mass is 518 g/mol. The summed E-state index contributed by atoms with van der Waals surface area (Å²) in [6.45, 7) is 7.44. The second-order valence-corrected chi connectivity index (χ2v) is 11.7. The van der Waals surface area contributed by atoms with E-state index in [-0.39, 0.29) is 12.0 Å². The van der Waals surface area contributed by atoms with E-state index in [0.717, 1.165) is 56.9 Å². The number of ether oxygens (including phenoxy) is 1. The minimum absolute atomic E-state index is 0.00626. The van der Waals surface area contributed by atoms with Gasteiger partial charge in [0.25, 0.3) is 5.91 Å². The number of hydrogen-bond donors (Lipinski definition) is 1. The molecule has 0 aliphatic carbocycles. The smallest absolute Gasteiger partial charge is 0.256 e. The molecule has 38 heavy (non-hydrogen) atoms. The van der Waals surface area contributed by atoms with Crippen molar-refractivity contribution in [1.29, 1.82) is 0 Å². The molecule has 7 heteroatoms. The highest BCUT2D eigenvalue weighted by Crippen LogP contribution is 2.38. The third kappa shape index (κ3) is 5.16. The molecule has 2 fully saturated rings. The van der Waals surface area contributed by atoms with E-state index in [2.05, 4.69) is 45.9 Å². The predicted molar refractivity (Wildman–Crippen MR) is 150 cm³/mol. The van der Waals surface area contributed by atoms with Crippen LogP contribution in [0.4, 0.5) is 5.69 Å². The van der Waals surface area contributed by atoms with Crippen molar-refractivity contribution in [3.8, 4) is 5.75 Å². The second-order valence-electron chi connectivity index (χ2n) is 11.7. The molecule has 1 N–H and O–H groups in total. The summed E-state index contributed by atoms with van der Waals surface area (Å²) in [6, 6.07) is 15.8. The van der Waals surface area contributed by atoms with Crippen LogP contribution in [0.3, 0.4) is 0 Å². The Balaban J connectivity index is 1.09. The highest BCUT2D eigenvalue weighted by molar-refractivity contribution is 6.00. The summed E-state index contributed by atoms with van der Waals surface area (Å²) in [6.07, 6.45) is 5.41. The van der Waals surface area contributed by atoms with Gasteiger partial charge in [-0.25, -0.2) is 0 Å². The third-order valence-corrected chi connectivity index (χ3v) is 9.22. The van der Waals surface area contributed by atoms with Crippen LogP contribution in [-0.4, -0.2) is 96.3 Å². The first-order valence-corrected chi connectivity index (χ1v) is 14.5. The lowest BCUT2D eigenvalue weighted by atomic mass is 9.99. The van der Waals surface area contributed by atoms with Crippen molar-refractivity contribution in [2.45, 2.75) is 69.9 Å². The van der Waals surface area contributed by atoms with Gasteiger partial charge in [0.2, 0.25) is 0 Å². The number of carbonyl (C=O) groups excluding carboxylic acids is 1. The summed E-state index contributed by atoms with van der Waals surface area (Å²) in [5.74, 6) is 0.852. The Morgan fingerprint density at radius 2 is 1.76 bits per heavy atom. The Hall–Kier alpha value is -2.61. The SMILES string of the molecule is CCN1C2CCC1CC(Oc1ccc3c(c1)N(C)CCN(CC(O)CN1CCc4ccccc4C1)C3=O)C2. The number of amides is 1. The van der Waals surface area contributed by atoms with Crippen molar-refractivity contribution in [2.24, 2.45) is 0 Å². The van der Waals surface area contributed by atoms with Crippen molar-refractivity contribution >= 4 is 11.6 Å². The topological polar surface area (TPSA) is 59.5 Å². The molecule has 204 valence electrons. The maximum Gasteiger partial charge on any atom is 0.256 e. The lowest BCUT2D eigenvalue weighted by Gasteiger charge is -2.38. The lowest BCUT2D eigenvalue weighted by molar-refractivity contribution is 0.0520. The van der Waals surface area contributed by atoms with Crippen LogP contribution < -0.4 is 9.64 Å². The van der Waals surface area contributed by atoms with Crippen LogP contribution in [0.1, 0.15) is 54.1 Å². The zero-order chi connectivity index (χ0) is 26.2. The minimum atomic E-state index is -0.581. The maximum atomic E-state index is 13.6. The molecule has 3 unspecified atom stereocenters. The fourth-order valence-electron chi connectivity index (χ4n) is 7.27. The number of benzene rings is 2. The minimum Gasteiger partial charge on any atom is -0.490 e. The van der Waals surface area contributed by atoms with Gasteiger partial charge in [0.1, 0.15) is 11.9 Å². The van der Waals surface area contributed by atoms with Gasteiger partial charge in [0.15, 0.2) is 0 Å². The van der Waals surface area contributed by atoms with Gasteiger partial charge in [-0.1, -0.05) is 31.2 Å². The molecule has 7 nitrogen and oxygen atoms in total. The average molecular weight is 519 g/mol. The summed E-state index contributed by atoms with van der Waals surface area (Å²) in [4.78, 5) is 22.5. The van der Waals surface area contributed by atoms with E-state index in [1.807, 2.05) is 30.1 Å². The molecular weight excluding hydrogens is 476 g/mol. The zero-order valence-electron chi connectivity index (χ0n) is 22.9. The second kappa shape index (κ2) is 10.9. The maximum absolute atomic E-state index is 13.6. The fraction of sp³-hybridized carbons (Fsp3) is 0.581. The number of β-amino-alcohol motifs (C(OH)–C–C–N with tert-alkyl or cyclic N) is 1. The summed E-state index contributed by atoms with van der Waals surface area (Å²) in [7, 11) is 2.04. The van der Waals surface area contributed by atoms with Gasteiger partial charge in [0, 0.05) is 64.5 Å². The standard InChI is InChI=1S/C31H42N4O3/c1-3-35-24-8-9-25(35)17-28(16-24)38-27-10-11-29-30(18-27)32(2)14-15-34(31(29)37)21-26(36)20-33-13-12-22-6-4-5-7-23(22)19-33/h4-7,10-11,18,24-26,28,36H,3,8-9,12-17,19-21H2,1-2H3. The van der Waals surface area contributed by atoms with Gasteiger partial charge < -0.3 is 19.6 Å². The summed E-state index contributed by atoms with van der Waals surface area (Å²) >= 11 is 0. The molecule has 0 radical (unpaired) electrons. The van der Waals surface area contributed by atoms with Crippen molar-refractivity contribution < 1.29 is 14.6 Å². The first kappa shape index (κ1) is 25.7. The molecule has 2 bridgehead atoms. The van der Waals surface area contributed by atoms with Crippen LogP contribution in [0.25, 0.3) is 0 Å². The number of anilines is 1.